The monoisotopic (exact) mass is 593 g/mol. The fourth-order valence-corrected chi connectivity index (χ4v) is 7.86. The van der Waals surface area contributed by atoms with E-state index in [1.807, 2.05) is 6.07 Å². The van der Waals surface area contributed by atoms with Crippen LogP contribution in [0.5, 0.6) is 0 Å². The maximum atomic E-state index is 13.6. The van der Waals surface area contributed by atoms with Gasteiger partial charge in [-0.15, -0.1) is 0 Å². The van der Waals surface area contributed by atoms with Crippen molar-refractivity contribution in [2.24, 2.45) is 5.92 Å². The Balaban J connectivity index is 0.000000382. The van der Waals surface area contributed by atoms with E-state index < -0.39 is 9.84 Å². The lowest BCUT2D eigenvalue weighted by Crippen LogP contribution is -2.68. The molecule has 0 radical (unpaired) electrons. The van der Waals surface area contributed by atoms with Gasteiger partial charge in [0.1, 0.15) is 12.6 Å². The molecule has 0 unspecified atom stereocenters. The number of sulfone groups is 1. The van der Waals surface area contributed by atoms with Gasteiger partial charge in [-0.2, -0.15) is 5.26 Å². The molecule has 0 bridgehead atoms. The summed E-state index contributed by atoms with van der Waals surface area (Å²) < 4.78 is 23.5. The fourth-order valence-electron chi connectivity index (χ4n) is 6.66. The van der Waals surface area contributed by atoms with Crippen molar-refractivity contribution in [3.8, 4) is 6.07 Å². The quantitative estimate of drug-likeness (QED) is 0.498. The molecule has 2 aliphatic carbocycles. The highest BCUT2D eigenvalue weighted by Crippen LogP contribution is 2.57. The van der Waals surface area contributed by atoms with Crippen molar-refractivity contribution in [3.63, 3.8) is 0 Å². The van der Waals surface area contributed by atoms with Crippen LogP contribution in [0.3, 0.4) is 0 Å². The molecule has 11 nitrogen and oxygen atoms in total. The molecule has 2 aromatic rings. The normalized spacial score (nSPS) is 26.7. The van der Waals surface area contributed by atoms with Gasteiger partial charge >= 0.3 is 6.03 Å². The number of urea groups is 1. The summed E-state index contributed by atoms with van der Waals surface area (Å²) in [4.78, 5) is 41.5. The van der Waals surface area contributed by atoms with Crippen molar-refractivity contribution in [2.45, 2.75) is 43.2 Å². The van der Waals surface area contributed by atoms with Gasteiger partial charge in [-0.3, -0.25) is 9.69 Å². The molecular formula is C30H39N7O4S. The average molecular weight is 594 g/mol. The van der Waals surface area contributed by atoms with Crippen molar-refractivity contribution < 1.29 is 18.0 Å². The maximum absolute atomic E-state index is 13.6. The number of carbonyl (C=O) groups is 2. The predicted octanol–water partition coefficient (Wildman–Crippen LogP) is 2.12. The second-order valence-electron chi connectivity index (χ2n) is 12.1. The first-order valence-corrected chi connectivity index (χ1v) is 16.3. The Morgan fingerprint density at radius 2 is 1.71 bits per heavy atom. The van der Waals surface area contributed by atoms with Crippen LogP contribution in [0.15, 0.2) is 48.8 Å². The van der Waals surface area contributed by atoms with Crippen molar-refractivity contribution in [1.82, 2.24) is 29.6 Å². The Morgan fingerprint density at radius 1 is 1.07 bits per heavy atom. The zero-order valence-electron chi connectivity index (χ0n) is 24.4. The third kappa shape index (κ3) is 5.99. The van der Waals surface area contributed by atoms with E-state index in [0.717, 1.165) is 19.4 Å². The Morgan fingerprint density at radius 3 is 2.24 bits per heavy atom. The van der Waals surface area contributed by atoms with Crippen LogP contribution in [0.2, 0.25) is 0 Å². The minimum atomic E-state index is -3.05. The van der Waals surface area contributed by atoms with Gasteiger partial charge in [0.15, 0.2) is 9.84 Å². The predicted molar refractivity (Wildman–Crippen MR) is 157 cm³/mol. The van der Waals surface area contributed by atoms with Gasteiger partial charge in [-0.1, -0.05) is 36.8 Å². The lowest BCUT2D eigenvalue weighted by atomic mass is 9.58. The Hall–Kier alpha value is -3.56. The van der Waals surface area contributed by atoms with Crippen LogP contribution in [0.4, 0.5) is 4.79 Å². The van der Waals surface area contributed by atoms with Crippen molar-refractivity contribution >= 4 is 21.8 Å². The van der Waals surface area contributed by atoms with E-state index >= 15 is 0 Å². The molecule has 4 fully saturated rings. The number of aromatic nitrogens is 2. The van der Waals surface area contributed by atoms with E-state index in [9.17, 15) is 18.0 Å². The zero-order valence-corrected chi connectivity index (χ0v) is 25.2. The third-order valence-corrected chi connectivity index (χ3v) is 10.9. The number of benzene rings is 1. The number of carbonyl (C=O) groups excluding carboxylic acids is 2. The first kappa shape index (κ1) is 29.9. The van der Waals surface area contributed by atoms with Crippen LogP contribution in [-0.4, -0.2) is 114 Å². The van der Waals surface area contributed by atoms with E-state index in [1.54, 1.807) is 21.9 Å². The molecule has 4 aliphatic rings. The summed E-state index contributed by atoms with van der Waals surface area (Å²) in [6, 6.07) is 14.0. The Labute approximate surface area is 248 Å². The van der Waals surface area contributed by atoms with Crippen LogP contribution in [0.25, 0.3) is 0 Å². The summed E-state index contributed by atoms with van der Waals surface area (Å²) in [6.07, 6.45) is 8.32. The summed E-state index contributed by atoms with van der Waals surface area (Å²) in [6.45, 7) is 1.79. The van der Waals surface area contributed by atoms with Gasteiger partial charge in [-0.05, 0) is 57.3 Å². The van der Waals surface area contributed by atoms with Crippen LogP contribution < -0.4 is 0 Å². The topological polar surface area (TPSA) is 131 Å². The highest BCUT2D eigenvalue weighted by molar-refractivity contribution is 7.91. The zero-order chi connectivity index (χ0) is 30.0. The molecule has 42 heavy (non-hydrogen) atoms. The van der Waals surface area contributed by atoms with Crippen molar-refractivity contribution in [2.75, 3.05) is 58.3 Å². The van der Waals surface area contributed by atoms with Crippen molar-refractivity contribution in [1.29, 1.82) is 5.26 Å². The fraction of sp³-hybridized carbons (Fsp3) is 0.567. The van der Waals surface area contributed by atoms with Gasteiger partial charge in [0, 0.05) is 38.6 Å². The highest BCUT2D eigenvalue weighted by Gasteiger charge is 2.64. The molecule has 12 heteroatoms. The number of rotatable bonds is 6. The van der Waals surface area contributed by atoms with Gasteiger partial charge in [0.05, 0.1) is 22.6 Å². The first-order chi connectivity index (χ1) is 20.1. The summed E-state index contributed by atoms with van der Waals surface area (Å²) >= 11 is 0. The van der Waals surface area contributed by atoms with Gasteiger partial charge in [0.25, 0.3) is 0 Å². The van der Waals surface area contributed by atoms with E-state index in [0.29, 0.717) is 12.5 Å². The third-order valence-electron chi connectivity index (χ3n) is 9.32. The van der Waals surface area contributed by atoms with Gasteiger partial charge in [-0.25, -0.2) is 23.2 Å². The standard InChI is InChI=1S/C25H36N4O4S.C5H3N3/c1-26(2)25(21-9-4-3-5-10-21)17-24(18-25)19-28(23(31)29(24)15-20-7-6-8-20)16-22(30)27-11-13-34(32,33)14-12-27;6-4-5-7-2-1-3-8-5/h3-5,9-10,20H,6-8,11-19H2,1-2H3;1-3H. The molecule has 2 saturated carbocycles. The van der Waals surface area contributed by atoms with Crippen LogP contribution in [-0.2, 0) is 20.2 Å². The maximum Gasteiger partial charge on any atom is 0.321 e. The second kappa shape index (κ2) is 12.0. The van der Waals surface area contributed by atoms with E-state index in [4.69, 9.17) is 5.26 Å². The largest absolute Gasteiger partial charge is 0.339 e. The summed E-state index contributed by atoms with van der Waals surface area (Å²) in [7, 11) is 1.17. The molecule has 6 rings (SSSR count). The summed E-state index contributed by atoms with van der Waals surface area (Å²) in [5.41, 5.74) is 0.879. The molecule has 1 spiro atoms. The van der Waals surface area contributed by atoms with Crippen molar-refractivity contribution in [3.05, 3.63) is 60.2 Å². The minimum absolute atomic E-state index is 0.00680. The van der Waals surface area contributed by atoms with Gasteiger partial charge in [0.2, 0.25) is 11.7 Å². The molecule has 0 N–H and O–H groups in total. The number of amides is 3. The highest BCUT2D eigenvalue weighted by atomic mass is 32.2. The number of nitrogens with zero attached hydrogens (tertiary/aromatic N) is 7. The van der Waals surface area contributed by atoms with Gasteiger partial charge < -0.3 is 14.7 Å². The molecule has 3 amide bonds. The molecule has 1 aromatic carbocycles. The summed E-state index contributed by atoms with van der Waals surface area (Å²) in [5, 5.41) is 8.16. The van der Waals surface area contributed by atoms with Crippen LogP contribution >= 0.6 is 0 Å². The molecule has 0 atom stereocenters. The molecule has 2 saturated heterocycles. The van der Waals surface area contributed by atoms with E-state index in [2.05, 4.69) is 58.1 Å². The average Bonchev–Trinajstić information content (AvgIpc) is 3.21. The van der Waals surface area contributed by atoms with E-state index in [1.165, 1.54) is 37.2 Å². The lowest BCUT2D eigenvalue weighted by Gasteiger charge is -2.61. The van der Waals surface area contributed by atoms with Crippen LogP contribution in [0.1, 0.15) is 43.5 Å². The smallest absolute Gasteiger partial charge is 0.321 e. The molecule has 224 valence electrons. The second-order valence-corrected chi connectivity index (χ2v) is 14.4. The molecule has 1 aromatic heterocycles. The minimum Gasteiger partial charge on any atom is -0.339 e. The lowest BCUT2D eigenvalue weighted by molar-refractivity contribution is -0.131. The number of hydrogen-bond donors (Lipinski definition) is 0. The van der Waals surface area contributed by atoms with Crippen LogP contribution in [0, 0.1) is 17.2 Å². The molecule has 2 aliphatic heterocycles. The number of nitriles is 1. The SMILES string of the molecule is CN(C)C1(c2ccccc2)CC2(CN(CC(=O)N3CCS(=O)(=O)CC3)C(=O)N2CC2CCC2)C1.N#Cc1ncccn1. The molecular weight excluding hydrogens is 554 g/mol. The molecule has 3 heterocycles. The Kier molecular flexibility index (Phi) is 8.53. The summed E-state index contributed by atoms with van der Waals surface area (Å²) in [5.74, 6) is 0.632. The number of hydrogen-bond acceptors (Lipinski definition) is 8. The first-order valence-electron chi connectivity index (χ1n) is 14.5. The van der Waals surface area contributed by atoms with E-state index in [-0.39, 0.29) is 60.0 Å². The Bertz CT molecular complexity index is 1400.